The molecule has 2 aromatic rings. The molecule has 23 heavy (non-hydrogen) atoms. The summed E-state index contributed by atoms with van der Waals surface area (Å²) in [5.41, 5.74) is -0.0251. The van der Waals surface area contributed by atoms with Gasteiger partial charge in [0.2, 0.25) is 0 Å². The molecule has 0 radical (unpaired) electrons. The van der Waals surface area contributed by atoms with Crippen LogP contribution < -0.4 is 4.74 Å². The Morgan fingerprint density at radius 1 is 1.22 bits per heavy atom. The number of para-hydroxylation sites is 1. The molecule has 1 fully saturated rings. The first-order chi connectivity index (χ1) is 11.2. The fraction of sp³-hybridized carbons (Fsp3) is 0.412. The molecule has 2 heterocycles. The maximum absolute atomic E-state index is 10.8. The summed E-state index contributed by atoms with van der Waals surface area (Å²) < 4.78 is 11.3. The Balaban J connectivity index is 1.61. The molecule has 122 valence electrons. The summed E-state index contributed by atoms with van der Waals surface area (Å²) in [6, 6.07) is 9.50. The van der Waals surface area contributed by atoms with Crippen LogP contribution in [-0.4, -0.2) is 58.5 Å². The van der Waals surface area contributed by atoms with Gasteiger partial charge in [-0.2, -0.15) is 0 Å². The number of rotatable bonds is 5. The molecular weight excluding hydrogens is 294 g/mol. The van der Waals surface area contributed by atoms with Crippen LogP contribution in [0.3, 0.4) is 0 Å². The second-order valence-corrected chi connectivity index (χ2v) is 5.84. The Hall–Kier alpha value is -2.02. The van der Waals surface area contributed by atoms with Crippen LogP contribution in [0.25, 0.3) is 0 Å². The van der Waals surface area contributed by atoms with Gasteiger partial charge in [-0.25, -0.2) is 9.97 Å². The number of aliphatic hydroxyl groups is 1. The molecule has 1 atom stereocenters. The highest BCUT2D eigenvalue weighted by atomic mass is 16.5. The van der Waals surface area contributed by atoms with Gasteiger partial charge < -0.3 is 14.6 Å². The van der Waals surface area contributed by atoms with Crippen LogP contribution in [0.5, 0.6) is 5.75 Å². The zero-order valence-corrected chi connectivity index (χ0v) is 13.0. The fourth-order valence-corrected chi connectivity index (χ4v) is 2.62. The number of ether oxygens (including phenoxy) is 2. The largest absolute Gasteiger partial charge is 0.490 e. The van der Waals surface area contributed by atoms with Crippen LogP contribution in [0.15, 0.2) is 49.1 Å². The predicted octanol–water partition coefficient (Wildman–Crippen LogP) is 1.12. The molecule has 1 unspecified atom stereocenters. The zero-order chi connectivity index (χ0) is 16.0. The molecule has 6 nitrogen and oxygen atoms in total. The van der Waals surface area contributed by atoms with Crippen molar-refractivity contribution in [2.24, 2.45) is 0 Å². The van der Waals surface area contributed by atoms with Crippen LogP contribution in [0.4, 0.5) is 0 Å². The average Bonchev–Trinajstić information content (AvgIpc) is 2.77. The van der Waals surface area contributed by atoms with E-state index in [1.807, 2.05) is 30.3 Å². The van der Waals surface area contributed by atoms with Crippen molar-refractivity contribution >= 4 is 0 Å². The van der Waals surface area contributed by atoms with Crippen LogP contribution in [0.2, 0.25) is 0 Å². The molecule has 6 heteroatoms. The minimum Gasteiger partial charge on any atom is -0.490 e. The van der Waals surface area contributed by atoms with E-state index in [0.29, 0.717) is 19.7 Å². The lowest BCUT2D eigenvalue weighted by molar-refractivity contribution is -0.0646. The van der Waals surface area contributed by atoms with Crippen molar-refractivity contribution in [3.63, 3.8) is 0 Å². The Kier molecular flexibility index (Phi) is 5.17. The lowest BCUT2D eigenvalue weighted by atomic mass is 10.1. The minimum atomic E-state index is -1.04. The molecule has 1 aliphatic heterocycles. The Morgan fingerprint density at radius 2 is 2.00 bits per heavy atom. The second kappa shape index (κ2) is 7.50. The summed E-state index contributed by atoms with van der Waals surface area (Å²) >= 11 is 0. The van der Waals surface area contributed by atoms with E-state index in [9.17, 15) is 5.11 Å². The summed E-state index contributed by atoms with van der Waals surface area (Å²) in [4.78, 5) is 10.2. The standard InChI is InChI=1S/C17H21N3O3/c21-17(13-23-16-4-2-1-3-5-16)11-20(6-7-22-12-17)10-15-8-18-14-19-9-15/h1-5,8-9,14,21H,6-7,10-13H2. The van der Waals surface area contributed by atoms with Crippen molar-refractivity contribution in [3.8, 4) is 5.75 Å². The number of benzene rings is 1. The molecule has 0 saturated carbocycles. The molecule has 1 aromatic heterocycles. The SMILES string of the molecule is OC1(COc2ccccc2)COCCN(Cc2cncnc2)C1. The third-order valence-electron chi connectivity index (χ3n) is 3.71. The van der Waals surface area contributed by atoms with E-state index in [1.54, 1.807) is 12.4 Å². The Morgan fingerprint density at radius 3 is 2.78 bits per heavy atom. The Bertz CT molecular complexity index is 597. The van der Waals surface area contributed by atoms with Gasteiger partial charge in [-0.1, -0.05) is 18.2 Å². The van der Waals surface area contributed by atoms with E-state index >= 15 is 0 Å². The molecule has 0 bridgehead atoms. The summed E-state index contributed by atoms with van der Waals surface area (Å²) in [6.07, 6.45) is 5.09. The number of hydrogen-bond donors (Lipinski definition) is 1. The zero-order valence-electron chi connectivity index (χ0n) is 13.0. The topological polar surface area (TPSA) is 67.7 Å². The minimum absolute atomic E-state index is 0.193. The number of hydrogen-bond acceptors (Lipinski definition) is 6. The van der Waals surface area contributed by atoms with Gasteiger partial charge in [0.05, 0.1) is 13.2 Å². The lowest BCUT2D eigenvalue weighted by Gasteiger charge is -2.30. The van der Waals surface area contributed by atoms with E-state index in [-0.39, 0.29) is 13.2 Å². The highest BCUT2D eigenvalue weighted by Crippen LogP contribution is 2.17. The predicted molar refractivity (Wildman–Crippen MR) is 85.0 cm³/mol. The summed E-state index contributed by atoms with van der Waals surface area (Å²) in [6.45, 7) is 2.96. The smallest absolute Gasteiger partial charge is 0.134 e. The Labute approximate surface area is 135 Å². The monoisotopic (exact) mass is 315 g/mol. The quantitative estimate of drug-likeness (QED) is 0.892. The van der Waals surface area contributed by atoms with Crippen molar-refractivity contribution in [3.05, 3.63) is 54.6 Å². The highest BCUT2D eigenvalue weighted by molar-refractivity contribution is 5.21. The number of aromatic nitrogens is 2. The van der Waals surface area contributed by atoms with Gasteiger partial charge in [-0.05, 0) is 12.1 Å². The van der Waals surface area contributed by atoms with E-state index in [2.05, 4.69) is 14.9 Å². The summed E-state index contributed by atoms with van der Waals surface area (Å²) in [5.74, 6) is 0.744. The normalized spacial score (nSPS) is 22.5. The first-order valence-electron chi connectivity index (χ1n) is 7.68. The lowest BCUT2D eigenvalue weighted by Crippen LogP contribution is -2.48. The second-order valence-electron chi connectivity index (χ2n) is 5.84. The van der Waals surface area contributed by atoms with Gasteiger partial charge >= 0.3 is 0 Å². The molecule has 0 amide bonds. The van der Waals surface area contributed by atoms with Crippen LogP contribution in [0, 0.1) is 0 Å². The van der Waals surface area contributed by atoms with Gasteiger partial charge in [-0.3, -0.25) is 4.90 Å². The maximum Gasteiger partial charge on any atom is 0.134 e. The van der Waals surface area contributed by atoms with Crippen LogP contribution in [0.1, 0.15) is 5.56 Å². The summed E-state index contributed by atoms with van der Waals surface area (Å²) in [7, 11) is 0. The third-order valence-corrected chi connectivity index (χ3v) is 3.71. The first kappa shape index (κ1) is 15.9. The fourth-order valence-electron chi connectivity index (χ4n) is 2.62. The van der Waals surface area contributed by atoms with Crippen molar-refractivity contribution in [2.75, 3.05) is 32.9 Å². The first-order valence-corrected chi connectivity index (χ1v) is 7.68. The van der Waals surface area contributed by atoms with Gasteiger partial charge in [0.15, 0.2) is 0 Å². The van der Waals surface area contributed by atoms with E-state index in [1.165, 1.54) is 6.33 Å². The van der Waals surface area contributed by atoms with Crippen molar-refractivity contribution in [1.82, 2.24) is 14.9 Å². The maximum atomic E-state index is 10.8. The number of β-amino-alcohol motifs (C(OH)–C–C–N with tert-alkyl or cyclic N) is 1. The van der Waals surface area contributed by atoms with Crippen LogP contribution >= 0.6 is 0 Å². The third kappa shape index (κ3) is 4.72. The molecule has 1 aromatic carbocycles. The van der Waals surface area contributed by atoms with Gasteiger partial charge in [0.25, 0.3) is 0 Å². The molecule has 0 spiro atoms. The van der Waals surface area contributed by atoms with Crippen molar-refractivity contribution in [2.45, 2.75) is 12.1 Å². The molecule has 3 rings (SSSR count). The summed E-state index contributed by atoms with van der Waals surface area (Å²) in [5, 5.41) is 10.8. The molecule has 1 saturated heterocycles. The average molecular weight is 315 g/mol. The molecular formula is C17H21N3O3. The highest BCUT2D eigenvalue weighted by Gasteiger charge is 2.33. The molecule has 1 N–H and O–H groups in total. The van der Waals surface area contributed by atoms with Crippen LogP contribution in [-0.2, 0) is 11.3 Å². The van der Waals surface area contributed by atoms with Gasteiger partial charge in [0, 0.05) is 37.6 Å². The van der Waals surface area contributed by atoms with E-state index in [4.69, 9.17) is 9.47 Å². The van der Waals surface area contributed by atoms with Gasteiger partial charge in [0.1, 0.15) is 24.3 Å². The molecule has 0 aliphatic carbocycles. The van der Waals surface area contributed by atoms with Crippen molar-refractivity contribution < 1.29 is 14.6 Å². The number of nitrogens with zero attached hydrogens (tertiary/aromatic N) is 3. The van der Waals surface area contributed by atoms with E-state index < -0.39 is 5.60 Å². The van der Waals surface area contributed by atoms with Crippen molar-refractivity contribution in [1.29, 1.82) is 0 Å². The van der Waals surface area contributed by atoms with Gasteiger partial charge in [-0.15, -0.1) is 0 Å². The van der Waals surface area contributed by atoms with E-state index in [0.717, 1.165) is 17.9 Å². The molecule has 1 aliphatic rings.